The van der Waals surface area contributed by atoms with Gasteiger partial charge in [0.1, 0.15) is 0 Å². The number of halogens is 1. The Morgan fingerprint density at radius 3 is 2.33 bits per heavy atom. The summed E-state index contributed by atoms with van der Waals surface area (Å²) in [6.45, 7) is 8.16. The van der Waals surface area contributed by atoms with Gasteiger partial charge in [-0.15, -0.1) is 12.4 Å². The van der Waals surface area contributed by atoms with Crippen molar-refractivity contribution >= 4 is 22.6 Å². The van der Waals surface area contributed by atoms with Crippen molar-refractivity contribution < 1.29 is 8.42 Å². The minimum atomic E-state index is -3.37. The Hall–Kier alpha value is -0.660. The third kappa shape index (κ3) is 5.70. The summed E-state index contributed by atoms with van der Waals surface area (Å²) in [6, 6.07) is 9.79. The summed E-state index contributed by atoms with van der Waals surface area (Å²) >= 11 is 0. The quantitative estimate of drug-likeness (QED) is 0.759. The molecular formula is C17H30ClN3O2S. The summed E-state index contributed by atoms with van der Waals surface area (Å²) in [4.78, 5) is 0. The summed E-state index contributed by atoms with van der Waals surface area (Å²) in [5.74, 6) is 0.589. The van der Waals surface area contributed by atoms with Gasteiger partial charge in [0.15, 0.2) is 0 Å². The summed E-state index contributed by atoms with van der Waals surface area (Å²) in [7, 11) is -3.37. The van der Waals surface area contributed by atoms with E-state index in [1.165, 1.54) is 0 Å². The Bertz CT molecular complexity index is 560. The van der Waals surface area contributed by atoms with Crippen molar-refractivity contribution in [1.82, 2.24) is 13.9 Å². The smallest absolute Gasteiger partial charge is 0.282 e. The number of piperidine rings is 1. The molecule has 2 rings (SSSR count). The van der Waals surface area contributed by atoms with Crippen molar-refractivity contribution in [2.24, 2.45) is 5.92 Å². The van der Waals surface area contributed by atoms with Crippen molar-refractivity contribution in [3.05, 3.63) is 35.9 Å². The van der Waals surface area contributed by atoms with Crippen molar-refractivity contribution in [3.63, 3.8) is 0 Å². The SMILES string of the molecule is CCNCC1CCN(S(=O)(=O)N(CC)Cc2ccccc2)CC1.Cl. The van der Waals surface area contributed by atoms with Gasteiger partial charge in [-0.05, 0) is 37.4 Å². The van der Waals surface area contributed by atoms with Crippen LogP contribution in [0.15, 0.2) is 30.3 Å². The van der Waals surface area contributed by atoms with E-state index in [-0.39, 0.29) is 12.4 Å². The Kier molecular flexibility index (Phi) is 9.23. The second-order valence-electron chi connectivity index (χ2n) is 6.07. The zero-order valence-electron chi connectivity index (χ0n) is 14.6. The molecule has 7 heteroatoms. The first-order valence-electron chi connectivity index (χ1n) is 8.57. The van der Waals surface area contributed by atoms with Gasteiger partial charge in [-0.25, -0.2) is 0 Å². The second kappa shape index (κ2) is 10.4. The molecular weight excluding hydrogens is 346 g/mol. The lowest BCUT2D eigenvalue weighted by Gasteiger charge is -2.34. The van der Waals surface area contributed by atoms with Gasteiger partial charge in [0, 0.05) is 26.2 Å². The van der Waals surface area contributed by atoms with E-state index in [4.69, 9.17) is 0 Å². The molecule has 1 aliphatic heterocycles. The monoisotopic (exact) mass is 375 g/mol. The lowest BCUT2D eigenvalue weighted by Crippen LogP contribution is -2.47. The van der Waals surface area contributed by atoms with Crippen LogP contribution in [0.5, 0.6) is 0 Å². The predicted octanol–water partition coefficient (Wildman–Crippen LogP) is 2.50. The first-order valence-corrected chi connectivity index (χ1v) is 9.97. The minimum Gasteiger partial charge on any atom is -0.317 e. The summed E-state index contributed by atoms with van der Waals surface area (Å²) in [5, 5.41) is 3.36. The van der Waals surface area contributed by atoms with E-state index in [2.05, 4.69) is 12.2 Å². The van der Waals surface area contributed by atoms with E-state index in [1.54, 1.807) is 8.61 Å². The molecule has 0 aliphatic carbocycles. The van der Waals surface area contributed by atoms with Gasteiger partial charge in [-0.1, -0.05) is 44.2 Å². The van der Waals surface area contributed by atoms with Crippen LogP contribution < -0.4 is 5.32 Å². The van der Waals surface area contributed by atoms with E-state index in [1.807, 2.05) is 37.3 Å². The van der Waals surface area contributed by atoms with E-state index in [9.17, 15) is 8.42 Å². The molecule has 138 valence electrons. The topological polar surface area (TPSA) is 52.7 Å². The first kappa shape index (κ1) is 21.4. The highest BCUT2D eigenvalue weighted by molar-refractivity contribution is 7.86. The number of nitrogens with zero attached hydrogens (tertiary/aromatic N) is 2. The third-order valence-corrected chi connectivity index (χ3v) is 6.52. The molecule has 5 nitrogen and oxygen atoms in total. The number of rotatable bonds is 8. The molecule has 0 spiro atoms. The summed E-state index contributed by atoms with van der Waals surface area (Å²) < 4.78 is 29.0. The average Bonchev–Trinajstić information content (AvgIpc) is 2.59. The maximum atomic E-state index is 12.9. The van der Waals surface area contributed by atoms with Crippen LogP contribution >= 0.6 is 12.4 Å². The number of hydrogen-bond donors (Lipinski definition) is 1. The molecule has 0 amide bonds. The molecule has 0 atom stereocenters. The number of nitrogens with one attached hydrogen (secondary N) is 1. The molecule has 24 heavy (non-hydrogen) atoms. The molecule has 1 fully saturated rings. The molecule has 1 heterocycles. The van der Waals surface area contributed by atoms with Crippen LogP contribution in [0, 0.1) is 5.92 Å². The van der Waals surface area contributed by atoms with Crippen LogP contribution in [-0.4, -0.2) is 49.8 Å². The Morgan fingerprint density at radius 1 is 1.17 bits per heavy atom. The normalized spacial score (nSPS) is 17.0. The zero-order chi connectivity index (χ0) is 16.7. The van der Waals surface area contributed by atoms with Crippen LogP contribution in [0.4, 0.5) is 0 Å². The summed E-state index contributed by atoms with van der Waals surface area (Å²) in [6.07, 6.45) is 1.88. The van der Waals surface area contributed by atoms with Crippen LogP contribution in [0.3, 0.4) is 0 Å². The molecule has 1 aromatic rings. The molecule has 0 saturated carbocycles. The maximum Gasteiger partial charge on any atom is 0.282 e. The third-order valence-electron chi connectivity index (χ3n) is 4.46. The zero-order valence-corrected chi connectivity index (χ0v) is 16.3. The van der Waals surface area contributed by atoms with Crippen LogP contribution in [0.1, 0.15) is 32.3 Å². The molecule has 0 radical (unpaired) electrons. The highest BCUT2D eigenvalue weighted by Gasteiger charge is 2.32. The van der Waals surface area contributed by atoms with Crippen LogP contribution in [0.25, 0.3) is 0 Å². The molecule has 0 unspecified atom stereocenters. The largest absolute Gasteiger partial charge is 0.317 e. The van der Waals surface area contributed by atoms with E-state index in [0.717, 1.165) is 31.5 Å². The lowest BCUT2D eigenvalue weighted by atomic mass is 9.98. The van der Waals surface area contributed by atoms with Gasteiger partial charge >= 0.3 is 0 Å². The van der Waals surface area contributed by atoms with Crippen molar-refractivity contribution in [2.45, 2.75) is 33.2 Å². The Balaban J connectivity index is 0.00000288. The second-order valence-corrected chi connectivity index (χ2v) is 8.00. The molecule has 0 aromatic heterocycles. The van der Waals surface area contributed by atoms with Crippen molar-refractivity contribution in [3.8, 4) is 0 Å². The van der Waals surface area contributed by atoms with Crippen LogP contribution in [-0.2, 0) is 16.8 Å². The Labute approximate surface area is 153 Å². The predicted molar refractivity (Wildman–Crippen MR) is 102 cm³/mol. The van der Waals surface area contributed by atoms with Gasteiger partial charge in [-0.3, -0.25) is 0 Å². The average molecular weight is 376 g/mol. The fraction of sp³-hybridized carbons (Fsp3) is 0.647. The number of benzene rings is 1. The van der Waals surface area contributed by atoms with Gasteiger partial charge in [0.2, 0.25) is 0 Å². The molecule has 1 N–H and O–H groups in total. The standard InChI is InChI=1S/C17H29N3O2S.ClH/c1-3-18-14-16-10-12-20(13-11-16)23(21,22)19(4-2)15-17-8-6-5-7-9-17;/h5-9,16,18H,3-4,10-15H2,1-2H3;1H. The van der Waals surface area contributed by atoms with Gasteiger partial charge in [0.05, 0.1) is 0 Å². The maximum absolute atomic E-state index is 12.9. The van der Waals surface area contributed by atoms with Crippen molar-refractivity contribution in [1.29, 1.82) is 0 Å². The lowest BCUT2D eigenvalue weighted by molar-refractivity contribution is 0.250. The van der Waals surface area contributed by atoms with Crippen molar-refractivity contribution in [2.75, 3.05) is 32.7 Å². The van der Waals surface area contributed by atoms with Gasteiger partial charge < -0.3 is 5.32 Å². The highest BCUT2D eigenvalue weighted by atomic mass is 35.5. The number of hydrogen-bond acceptors (Lipinski definition) is 3. The van der Waals surface area contributed by atoms with Crippen LogP contribution in [0.2, 0.25) is 0 Å². The molecule has 1 saturated heterocycles. The highest BCUT2D eigenvalue weighted by Crippen LogP contribution is 2.22. The van der Waals surface area contributed by atoms with Gasteiger partial charge in [0.25, 0.3) is 10.2 Å². The van der Waals surface area contributed by atoms with Gasteiger partial charge in [-0.2, -0.15) is 17.0 Å². The minimum absolute atomic E-state index is 0. The van der Waals surface area contributed by atoms with E-state index < -0.39 is 10.2 Å². The fourth-order valence-corrected chi connectivity index (χ4v) is 4.64. The molecule has 1 aromatic carbocycles. The summed E-state index contributed by atoms with van der Waals surface area (Å²) in [5.41, 5.74) is 1.03. The van der Waals surface area contributed by atoms with E-state index >= 15 is 0 Å². The molecule has 0 bridgehead atoms. The molecule has 1 aliphatic rings. The Morgan fingerprint density at radius 2 is 1.79 bits per heavy atom. The van der Waals surface area contributed by atoms with E-state index in [0.29, 0.717) is 32.1 Å². The first-order chi connectivity index (χ1) is 11.1. The fourth-order valence-electron chi connectivity index (χ4n) is 3.00.